The van der Waals surface area contributed by atoms with Gasteiger partial charge in [0.05, 0.1) is 11.0 Å². The van der Waals surface area contributed by atoms with E-state index >= 15 is 0 Å². The van der Waals surface area contributed by atoms with Crippen LogP contribution in [0, 0.1) is 23.2 Å². The van der Waals surface area contributed by atoms with Gasteiger partial charge in [-0.15, -0.1) is 0 Å². The molecule has 2 aliphatic heterocycles. The number of nitrogens with zero attached hydrogens (tertiary/aromatic N) is 4. The topological polar surface area (TPSA) is 97.0 Å². The van der Waals surface area contributed by atoms with Crippen LogP contribution in [-0.4, -0.2) is 56.5 Å². The number of carboxylic acid groups (broad SMARTS) is 1. The van der Waals surface area contributed by atoms with Crippen LogP contribution in [0.25, 0.3) is 11.0 Å². The van der Waals surface area contributed by atoms with Crippen molar-refractivity contribution in [1.82, 2.24) is 14.5 Å². The molecule has 39 heavy (non-hydrogen) atoms. The van der Waals surface area contributed by atoms with Crippen LogP contribution < -0.4 is 5.56 Å². The second kappa shape index (κ2) is 10.3. The molecule has 3 aliphatic carbocycles. The maximum absolute atomic E-state index is 13.9. The Labute approximate surface area is 230 Å². The SMILES string of the molecule is CC(=NOCC(=O)O)c1nc2ccccc2n(C2C[C@H]3CCC[C@@H](C2)N3CC[C@@H]2CC[C@H]3C[C@H]2C3(C)C)c1=O. The Hall–Kier alpha value is -2.74. The molecule has 1 N–H and O–H groups in total. The standard InChI is InChI=1S/C31H42N4O4/c1-19(33-39-18-28(36)37)29-30(38)35(27-10-5-4-9-26(27)32-29)24-16-22-7-6-8-23(17-24)34(22)14-13-20-11-12-21-15-25(20)31(21,2)3/h4-5,9-10,20-25H,6-8,11-18H2,1-3H3,(H,36,37)/t20-,21-,22-,23+,24?,25+/m0/s1. The minimum absolute atomic E-state index is 0.101. The van der Waals surface area contributed by atoms with E-state index in [-0.39, 0.29) is 17.3 Å². The number of rotatable bonds is 8. The van der Waals surface area contributed by atoms with Crippen molar-refractivity contribution < 1.29 is 14.7 Å². The number of carboxylic acids is 1. The van der Waals surface area contributed by atoms with Gasteiger partial charge in [-0.05, 0) is 100 Å². The molecule has 6 atom stereocenters. The van der Waals surface area contributed by atoms with E-state index in [1.807, 2.05) is 28.8 Å². The molecule has 5 aliphatic rings. The molecule has 5 fully saturated rings. The first-order valence-corrected chi connectivity index (χ1v) is 14.9. The third-order valence-corrected chi connectivity index (χ3v) is 10.8. The number of oxime groups is 1. The van der Waals surface area contributed by atoms with E-state index in [9.17, 15) is 9.59 Å². The van der Waals surface area contributed by atoms with Gasteiger partial charge in [-0.1, -0.05) is 37.6 Å². The Balaban J connectivity index is 1.24. The average Bonchev–Trinajstić information content (AvgIpc) is 2.91. The number of carbonyl (C=O) groups is 1. The van der Waals surface area contributed by atoms with Crippen molar-refractivity contribution in [1.29, 1.82) is 0 Å². The minimum atomic E-state index is -1.11. The van der Waals surface area contributed by atoms with E-state index in [0.717, 1.165) is 41.6 Å². The molecule has 8 nitrogen and oxygen atoms in total. The van der Waals surface area contributed by atoms with Gasteiger partial charge in [-0.25, -0.2) is 9.78 Å². The zero-order valence-electron chi connectivity index (χ0n) is 23.5. The fraction of sp³-hybridized carbons (Fsp3) is 0.677. The molecule has 3 heterocycles. The van der Waals surface area contributed by atoms with Gasteiger partial charge < -0.3 is 14.5 Å². The predicted octanol–water partition coefficient (Wildman–Crippen LogP) is 5.24. The summed E-state index contributed by atoms with van der Waals surface area (Å²) in [5.74, 6) is 1.60. The summed E-state index contributed by atoms with van der Waals surface area (Å²) >= 11 is 0. The third-order valence-electron chi connectivity index (χ3n) is 10.8. The van der Waals surface area contributed by atoms with Crippen LogP contribution in [0.1, 0.15) is 90.3 Å². The van der Waals surface area contributed by atoms with E-state index in [4.69, 9.17) is 9.94 Å². The highest BCUT2D eigenvalue weighted by molar-refractivity contribution is 5.97. The largest absolute Gasteiger partial charge is 0.479 e. The first-order valence-electron chi connectivity index (χ1n) is 14.9. The molecule has 8 heteroatoms. The van der Waals surface area contributed by atoms with Gasteiger partial charge >= 0.3 is 5.97 Å². The number of para-hydroxylation sites is 2. The molecule has 0 radical (unpaired) electrons. The summed E-state index contributed by atoms with van der Waals surface area (Å²) in [4.78, 5) is 37.1. The average molecular weight is 535 g/mol. The number of benzene rings is 1. The molecule has 2 saturated heterocycles. The van der Waals surface area contributed by atoms with Crippen molar-refractivity contribution in [2.75, 3.05) is 13.2 Å². The summed E-state index contributed by atoms with van der Waals surface area (Å²) in [5.41, 5.74) is 2.48. The lowest BCUT2D eigenvalue weighted by atomic mass is 9.45. The molecular weight excluding hydrogens is 492 g/mol. The summed E-state index contributed by atoms with van der Waals surface area (Å²) in [7, 11) is 0. The van der Waals surface area contributed by atoms with Gasteiger partial charge in [0.15, 0.2) is 5.69 Å². The Kier molecular flexibility index (Phi) is 7.02. The molecular formula is C31H42N4O4. The van der Waals surface area contributed by atoms with E-state index < -0.39 is 12.6 Å². The van der Waals surface area contributed by atoms with Gasteiger partial charge in [0.1, 0.15) is 5.71 Å². The Morgan fingerprint density at radius 1 is 1.10 bits per heavy atom. The fourth-order valence-electron chi connectivity index (χ4n) is 8.63. The molecule has 4 bridgehead atoms. The summed E-state index contributed by atoms with van der Waals surface area (Å²) in [6.07, 6.45) is 11.2. The lowest BCUT2D eigenvalue weighted by molar-refractivity contribution is -0.142. The molecule has 3 saturated carbocycles. The van der Waals surface area contributed by atoms with Gasteiger partial charge in [-0.2, -0.15) is 0 Å². The second-order valence-corrected chi connectivity index (χ2v) is 13.1. The Morgan fingerprint density at radius 3 is 2.54 bits per heavy atom. The van der Waals surface area contributed by atoms with Crippen LogP contribution in [0.15, 0.2) is 34.2 Å². The quantitative estimate of drug-likeness (QED) is 0.367. The monoisotopic (exact) mass is 534 g/mol. The molecule has 7 rings (SSSR count). The number of aromatic nitrogens is 2. The summed E-state index contributed by atoms with van der Waals surface area (Å²) < 4.78 is 1.95. The van der Waals surface area contributed by atoms with Crippen molar-refractivity contribution in [3.05, 3.63) is 40.3 Å². The zero-order valence-corrected chi connectivity index (χ0v) is 23.5. The fourth-order valence-corrected chi connectivity index (χ4v) is 8.63. The summed E-state index contributed by atoms with van der Waals surface area (Å²) in [6, 6.07) is 8.91. The van der Waals surface area contributed by atoms with Crippen molar-refractivity contribution in [3.63, 3.8) is 0 Å². The van der Waals surface area contributed by atoms with E-state index in [0.29, 0.717) is 23.2 Å². The second-order valence-electron chi connectivity index (χ2n) is 13.1. The highest BCUT2D eigenvalue weighted by Crippen LogP contribution is 2.62. The normalized spacial score (nSPS) is 32.0. The first kappa shape index (κ1) is 26.5. The molecule has 0 amide bonds. The lowest BCUT2D eigenvalue weighted by Crippen LogP contribution is -2.55. The van der Waals surface area contributed by atoms with Crippen molar-refractivity contribution in [2.45, 2.75) is 96.7 Å². The molecule has 0 spiro atoms. The number of fused-ring (bicyclic) bond motifs is 5. The van der Waals surface area contributed by atoms with Gasteiger partial charge in [0.2, 0.25) is 6.61 Å². The molecule has 1 aromatic heterocycles. The minimum Gasteiger partial charge on any atom is -0.479 e. The lowest BCUT2D eigenvalue weighted by Gasteiger charge is -2.60. The maximum Gasteiger partial charge on any atom is 0.344 e. The van der Waals surface area contributed by atoms with Crippen LogP contribution in [0.2, 0.25) is 0 Å². The first-order chi connectivity index (χ1) is 18.7. The predicted molar refractivity (Wildman–Crippen MR) is 151 cm³/mol. The van der Waals surface area contributed by atoms with E-state index in [2.05, 4.69) is 28.9 Å². The van der Waals surface area contributed by atoms with Crippen LogP contribution in [0.3, 0.4) is 0 Å². The van der Waals surface area contributed by atoms with Crippen molar-refractivity contribution >= 4 is 22.7 Å². The van der Waals surface area contributed by atoms with Gasteiger partial charge in [-0.3, -0.25) is 9.69 Å². The van der Waals surface area contributed by atoms with Gasteiger partial charge in [0, 0.05) is 18.1 Å². The number of hydrogen-bond donors (Lipinski definition) is 1. The highest BCUT2D eigenvalue weighted by Gasteiger charge is 2.54. The van der Waals surface area contributed by atoms with Crippen molar-refractivity contribution in [2.24, 2.45) is 28.3 Å². The number of piperidine rings is 2. The molecule has 210 valence electrons. The molecule has 1 unspecified atom stereocenters. The highest BCUT2D eigenvalue weighted by atomic mass is 16.6. The maximum atomic E-state index is 13.9. The molecule has 2 aromatic rings. The number of hydrogen-bond acceptors (Lipinski definition) is 6. The molecule has 1 aromatic carbocycles. The van der Waals surface area contributed by atoms with Crippen LogP contribution in [0.4, 0.5) is 0 Å². The van der Waals surface area contributed by atoms with E-state index in [1.165, 1.54) is 51.5 Å². The smallest absolute Gasteiger partial charge is 0.344 e. The van der Waals surface area contributed by atoms with E-state index in [1.54, 1.807) is 6.92 Å². The summed E-state index contributed by atoms with van der Waals surface area (Å²) in [6.45, 7) is 7.27. The zero-order chi connectivity index (χ0) is 27.3. The van der Waals surface area contributed by atoms with Crippen LogP contribution >= 0.6 is 0 Å². The van der Waals surface area contributed by atoms with Gasteiger partial charge in [0.25, 0.3) is 5.56 Å². The van der Waals surface area contributed by atoms with Crippen molar-refractivity contribution in [3.8, 4) is 0 Å². The van der Waals surface area contributed by atoms with Crippen LogP contribution in [-0.2, 0) is 9.63 Å². The third kappa shape index (κ3) is 4.79. The summed E-state index contributed by atoms with van der Waals surface area (Å²) in [5, 5.41) is 12.8. The van der Waals surface area contributed by atoms with Crippen LogP contribution in [0.5, 0.6) is 0 Å². The Bertz CT molecular complexity index is 1320. The Morgan fingerprint density at radius 2 is 1.85 bits per heavy atom. The number of aliphatic carboxylic acids is 1.